The van der Waals surface area contributed by atoms with E-state index in [1.807, 2.05) is 32.9 Å². The zero-order valence-corrected chi connectivity index (χ0v) is 12.9. The van der Waals surface area contributed by atoms with Gasteiger partial charge in [-0.05, 0) is 50.1 Å². The Kier molecular flexibility index (Phi) is 4.41. The normalized spacial score (nSPS) is 10.5. The summed E-state index contributed by atoms with van der Waals surface area (Å²) in [5.41, 5.74) is 4.60. The van der Waals surface area contributed by atoms with Gasteiger partial charge in [-0.3, -0.25) is 4.79 Å². The molecular formula is C18H20FNO. The molecule has 0 aliphatic rings. The molecule has 0 aliphatic heterocycles. The van der Waals surface area contributed by atoms with Gasteiger partial charge in [0.1, 0.15) is 5.82 Å². The summed E-state index contributed by atoms with van der Waals surface area (Å²) in [6.07, 6.45) is 0. The summed E-state index contributed by atoms with van der Waals surface area (Å²) in [6.45, 7) is 6.16. The fourth-order valence-electron chi connectivity index (χ4n) is 2.72. The molecule has 0 aliphatic carbocycles. The van der Waals surface area contributed by atoms with Crippen LogP contribution >= 0.6 is 0 Å². The highest BCUT2D eigenvalue weighted by atomic mass is 19.1. The van der Waals surface area contributed by atoms with Gasteiger partial charge >= 0.3 is 0 Å². The van der Waals surface area contributed by atoms with Crippen molar-refractivity contribution in [1.82, 2.24) is 0 Å². The second kappa shape index (κ2) is 6.08. The summed E-state index contributed by atoms with van der Waals surface area (Å²) < 4.78 is 13.2. The van der Waals surface area contributed by atoms with Crippen molar-refractivity contribution in [3.8, 4) is 0 Å². The molecule has 21 heavy (non-hydrogen) atoms. The number of Topliss-reactive ketones (excluding diaryl/α,β-unsaturated/α-hetero) is 1. The minimum absolute atomic E-state index is 0.0526. The minimum atomic E-state index is -0.297. The number of aryl methyl sites for hydroxylation is 3. The Morgan fingerprint density at radius 1 is 1.10 bits per heavy atom. The van der Waals surface area contributed by atoms with Crippen molar-refractivity contribution in [2.45, 2.75) is 20.8 Å². The molecule has 0 fully saturated rings. The Balaban J connectivity index is 2.22. The van der Waals surface area contributed by atoms with Crippen LogP contribution in [0, 0.1) is 26.6 Å². The third-order valence-corrected chi connectivity index (χ3v) is 3.59. The van der Waals surface area contributed by atoms with E-state index >= 15 is 0 Å². The topological polar surface area (TPSA) is 20.3 Å². The van der Waals surface area contributed by atoms with Gasteiger partial charge < -0.3 is 4.90 Å². The number of carbonyl (C=O) groups excluding carboxylic acids is 1. The first-order valence-electron chi connectivity index (χ1n) is 6.96. The van der Waals surface area contributed by atoms with Gasteiger partial charge in [0.2, 0.25) is 0 Å². The number of rotatable bonds is 4. The molecule has 0 atom stereocenters. The molecule has 0 N–H and O–H groups in total. The smallest absolute Gasteiger partial charge is 0.182 e. The summed E-state index contributed by atoms with van der Waals surface area (Å²) in [7, 11) is 1.80. The Morgan fingerprint density at radius 2 is 1.71 bits per heavy atom. The highest BCUT2D eigenvalue weighted by Gasteiger charge is 2.15. The Bertz CT molecular complexity index is 656. The molecule has 2 rings (SSSR count). The van der Waals surface area contributed by atoms with Crippen molar-refractivity contribution in [2.75, 3.05) is 18.5 Å². The number of ketones is 1. The second-order valence-electron chi connectivity index (χ2n) is 5.53. The molecule has 2 aromatic carbocycles. The van der Waals surface area contributed by atoms with Crippen LogP contribution in [0.25, 0.3) is 0 Å². The molecule has 110 valence electrons. The maximum absolute atomic E-state index is 13.2. The average Bonchev–Trinajstić information content (AvgIpc) is 2.37. The number of nitrogens with zero attached hydrogens (tertiary/aromatic N) is 1. The second-order valence-corrected chi connectivity index (χ2v) is 5.53. The minimum Gasteiger partial charge on any atom is -0.367 e. The van der Waals surface area contributed by atoms with E-state index in [1.54, 1.807) is 24.1 Å². The van der Waals surface area contributed by atoms with Crippen molar-refractivity contribution in [2.24, 2.45) is 0 Å². The van der Waals surface area contributed by atoms with Crippen LogP contribution in [0.3, 0.4) is 0 Å². The predicted octanol–water partition coefficient (Wildman–Crippen LogP) is 4.07. The van der Waals surface area contributed by atoms with Crippen molar-refractivity contribution < 1.29 is 9.18 Å². The first-order chi connectivity index (χ1) is 9.88. The fourth-order valence-corrected chi connectivity index (χ4v) is 2.72. The summed E-state index contributed by atoms with van der Waals surface area (Å²) in [6, 6.07) is 10.3. The maximum atomic E-state index is 13.2. The van der Waals surface area contributed by atoms with Crippen molar-refractivity contribution >= 4 is 11.5 Å². The van der Waals surface area contributed by atoms with Gasteiger partial charge in [0.25, 0.3) is 0 Å². The summed E-state index contributed by atoms with van der Waals surface area (Å²) in [5, 5.41) is 0. The van der Waals surface area contributed by atoms with Gasteiger partial charge in [-0.15, -0.1) is 0 Å². The summed E-state index contributed by atoms with van der Waals surface area (Å²) >= 11 is 0. The zero-order chi connectivity index (χ0) is 15.6. The number of benzene rings is 2. The van der Waals surface area contributed by atoms with Crippen LogP contribution in [0.15, 0.2) is 36.4 Å². The van der Waals surface area contributed by atoms with Crippen LogP contribution in [-0.2, 0) is 0 Å². The Hall–Kier alpha value is -2.16. The van der Waals surface area contributed by atoms with Crippen molar-refractivity contribution in [1.29, 1.82) is 0 Å². The van der Waals surface area contributed by atoms with E-state index in [9.17, 15) is 9.18 Å². The number of carbonyl (C=O) groups is 1. The highest BCUT2D eigenvalue weighted by Crippen LogP contribution is 2.19. The molecule has 0 radical (unpaired) electrons. The number of hydrogen-bond donors (Lipinski definition) is 0. The molecule has 0 unspecified atom stereocenters. The van der Waals surface area contributed by atoms with E-state index in [4.69, 9.17) is 0 Å². The van der Waals surface area contributed by atoms with Crippen LogP contribution in [0.4, 0.5) is 10.1 Å². The van der Waals surface area contributed by atoms with Crippen LogP contribution in [0.1, 0.15) is 27.0 Å². The number of halogens is 1. The van der Waals surface area contributed by atoms with Gasteiger partial charge in [0.05, 0.1) is 6.54 Å². The largest absolute Gasteiger partial charge is 0.367 e. The quantitative estimate of drug-likeness (QED) is 0.789. The average molecular weight is 285 g/mol. The van der Waals surface area contributed by atoms with Gasteiger partial charge in [0, 0.05) is 18.3 Å². The lowest BCUT2D eigenvalue weighted by molar-refractivity contribution is 0.0999. The Morgan fingerprint density at radius 3 is 2.29 bits per heavy atom. The van der Waals surface area contributed by atoms with Crippen LogP contribution < -0.4 is 4.90 Å². The van der Waals surface area contributed by atoms with E-state index in [0.29, 0.717) is 5.69 Å². The third-order valence-electron chi connectivity index (χ3n) is 3.59. The number of anilines is 1. The van der Waals surface area contributed by atoms with Gasteiger partial charge in [0.15, 0.2) is 5.78 Å². The maximum Gasteiger partial charge on any atom is 0.182 e. The lowest BCUT2D eigenvalue weighted by Gasteiger charge is -2.20. The summed E-state index contributed by atoms with van der Waals surface area (Å²) in [5.74, 6) is -0.244. The Labute approximate surface area is 125 Å². The summed E-state index contributed by atoms with van der Waals surface area (Å²) in [4.78, 5) is 14.3. The van der Waals surface area contributed by atoms with Crippen molar-refractivity contribution in [3.63, 3.8) is 0 Å². The molecule has 3 heteroatoms. The molecule has 0 amide bonds. The molecule has 2 nitrogen and oxygen atoms in total. The molecule has 2 aromatic rings. The van der Waals surface area contributed by atoms with Crippen LogP contribution in [0.5, 0.6) is 0 Å². The molecule has 0 heterocycles. The molecular weight excluding hydrogens is 265 g/mol. The van der Waals surface area contributed by atoms with Crippen LogP contribution in [-0.4, -0.2) is 19.4 Å². The zero-order valence-electron chi connectivity index (χ0n) is 12.9. The lowest BCUT2D eigenvalue weighted by atomic mass is 9.96. The first-order valence-corrected chi connectivity index (χ1v) is 6.96. The molecule has 0 aromatic heterocycles. The monoisotopic (exact) mass is 285 g/mol. The number of likely N-dealkylation sites (N-methyl/N-ethyl adjacent to an activating group) is 1. The predicted molar refractivity (Wildman–Crippen MR) is 84.7 cm³/mol. The van der Waals surface area contributed by atoms with Gasteiger partial charge in [-0.25, -0.2) is 4.39 Å². The molecule has 0 bridgehead atoms. The SMILES string of the molecule is Cc1cc(C)c(C(=O)CN(C)c2cccc(F)c2)c(C)c1. The van der Waals surface area contributed by atoms with Gasteiger partial charge in [-0.1, -0.05) is 23.8 Å². The standard InChI is InChI=1S/C18H20FNO/c1-12-8-13(2)18(14(3)9-12)17(21)11-20(4)16-7-5-6-15(19)10-16/h5-10H,11H2,1-4H3. The fraction of sp³-hybridized carbons (Fsp3) is 0.278. The van der Waals surface area contributed by atoms with E-state index in [-0.39, 0.29) is 18.1 Å². The van der Waals surface area contributed by atoms with Crippen molar-refractivity contribution in [3.05, 3.63) is 64.5 Å². The molecule has 0 saturated carbocycles. The molecule has 0 saturated heterocycles. The van der Waals surface area contributed by atoms with E-state index < -0.39 is 0 Å². The van der Waals surface area contributed by atoms with Crippen LogP contribution in [0.2, 0.25) is 0 Å². The highest BCUT2D eigenvalue weighted by molar-refractivity contribution is 6.01. The van der Waals surface area contributed by atoms with E-state index in [2.05, 4.69) is 0 Å². The van der Waals surface area contributed by atoms with E-state index in [0.717, 1.165) is 22.3 Å². The lowest BCUT2D eigenvalue weighted by Crippen LogP contribution is -2.26. The third kappa shape index (κ3) is 3.48. The molecule has 0 spiro atoms. The van der Waals surface area contributed by atoms with Gasteiger partial charge in [-0.2, -0.15) is 0 Å². The number of hydrogen-bond acceptors (Lipinski definition) is 2. The van der Waals surface area contributed by atoms with E-state index in [1.165, 1.54) is 12.1 Å². The first kappa shape index (κ1) is 15.2.